The van der Waals surface area contributed by atoms with Crippen LogP contribution in [0.2, 0.25) is 0 Å². The first-order valence-electron chi connectivity index (χ1n) is 8.20. The number of nitrogen functional groups attached to an aromatic ring is 1. The smallest absolute Gasteiger partial charge is 0.404 e. The molecule has 2 aliphatic rings. The number of nitrogens with one attached hydrogen (secondary N) is 1. The van der Waals surface area contributed by atoms with Gasteiger partial charge in [0.15, 0.2) is 10.8 Å². The summed E-state index contributed by atoms with van der Waals surface area (Å²) in [7, 11) is 1.25. The lowest BCUT2D eigenvalue weighted by Gasteiger charge is -2.49. The number of aromatic nitrogens is 1. The predicted molar refractivity (Wildman–Crippen MR) is 105 cm³/mol. The normalized spacial score (nSPS) is 20.9. The molecule has 6 N–H and O–H groups in total. The summed E-state index contributed by atoms with van der Waals surface area (Å²) in [6.07, 6.45) is -1.06. The van der Waals surface area contributed by atoms with Crippen molar-refractivity contribution in [1.29, 1.82) is 0 Å². The van der Waals surface area contributed by atoms with E-state index in [1.165, 1.54) is 24.3 Å². The van der Waals surface area contributed by atoms with Crippen molar-refractivity contribution in [3.63, 3.8) is 0 Å². The number of oxime groups is 1. The Bertz CT molecular complexity index is 974. The minimum atomic E-state index is -1.36. The molecule has 3 amide bonds. The highest BCUT2D eigenvalue weighted by Crippen LogP contribution is 2.40. The number of primary amides is 1. The Morgan fingerprint density at radius 1 is 1.47 bits per heavy atom. The molecule has 0 spiro atoms. The number of rotatable bonds is 7. The number of amides is 3. The molecule has 0 saturated carbocycles. The van der Waals surface area contributed by atoms with Gasteiger partial charge in [0.1, 0.15) is 36.5 Å². The molecule has 15 heteroatoms. The largest absolute Gasteiger partial charge is 0.477 e. The van der Waals surface area contributed by atoms with Crippen LogP contribution in [0.3, 0.4) is 0 Å². The van der Waals surface area contributed by atoms with Gasteiger partial charge in [0.2, 0.25) is 0 Å². The van der Waals surface area contributed by atoms with Gasteiger partial charge in [0, 0.05) is 16.7 Å². The number of fused-ring (bicyclic) bond motifs is 1. The Hall–Kier alpha value is -3.33. The quantitative estimate of drug-likeness (QED) is 0.222. The SMILES string of the molecule is CO/N=C(/C(=O)NC1C(=O)N2C(C(=O)O)=C(COC(N)=O)CSC12)c1csc(N)n1. The zero-order chi connectivity index (χ0) is 22.0. The molecule has 3 heterocycles. The number of nitrogens with zero attached hydrogens (tertiary/aromatic N) is 3. The number of carboxylic acid groups (broad SMARTS) is 1. The minimum Gasteiger partial charge on any atom is -0.477 e. The molecular formula is C15H16N6O7S2. The molecule has 0 radical (unpaired) electrons. The van der Waals surface area contributed by atoms with Gasteiger partial charge in [0.05, 0.1) is 0 Å². The first-order valence-corrected chi connectivity index (χ1v) is 10.1. The third-order valence-electron chi connectivity index (χ3n) is 4.09. The van der Waals surface area contributed by atoms with Gasteiger partial charge in [-0.15, -0.1) is 23.1 Å². The molecule has 1 aromatic heterocycles. The van der Waals surface area contributed by atoms with Gasteiger partial charge in [-0.25, -0.2) is 14.6 Å². The number of carbonyl (C=O) groups is 4. The van der Waals surface area contributed by atoms with Gasteiger partial charge in [-0.05, 0) is 0 Å². The summed E-state index contributed by atoms with van der Waals surface area (Å²) in [6, 6.07) is -0.992. The second-order valence-corrected chi connectivity index (χ2v) is 7.91. The number of ether oxygens (including phenoxy) is 1. The van der Waals surface area contributed by atoms with E-state index in [2.05, 4.69) is 25.0 Å². The van der Waals surface area contributed by atoms with Gasteiger partial charge in [-0.3, -0.25) is 14.5 Å². The van der Waals surface area contributed by atoms with Crippen LogP contribution >= 0.6 is 23.1 Å². The standard InChI is InChI=1S/C15H16N6O7S2/c1-27-20-7(6-4-30-14(16)18-6)10(22)19-8-11(23)21-9(13(24)25)5(2-28-15(17)26)3-29-12(8)21/h4,8,12H,2-3H2,1H3,(H2,16,18)(H2,17,26)(H,19,22)(H,24,25)/b20-7+. The number of β-lactam (4-membered cyclic amide) rings is 1. The van der Waals surface area contributed by atoms with E-state index in [0.717, 1.165) is 16.2 Å². The van der Waals surface area contributed by atoms with Crippen LogP contribution in [0.5, 0.6) is 0 Å². The predicted octanol–water partition coefficient (Wildman–Crippen LogP) is -1.09. The summed E-state index contributed by atoms with van der Waals surface area (Å²) in [5.74, 6) is -2.56. The van der Waals surface area contributed by atoms with E-state index in [-0.39, 0.29) is 40.2 Å². The Morgan fingerprint density at radius 2 is 2.20 bits per heavy atom. The highest BCUT2D eigenvalue weighted by atomic mass is 32.2. The topological polar surface area (TPSA) is 200 Å². The van der Waals surface area contributed by atoms with Crippen molar-refractivity contribution in [2.75, 3.05) is 25.2 Å². The summed E-state index contributed by atoms with van der Waals surface area (Å²) in [6.45, 7) is -0.354. The van der Waals surface area contributed by atoms with Crippen molar-refractivity contribution in [1.82, 2.24) is 15.2 Å². The number of carbonyl (C=O) groups excluding carboxylic acids is 3. The average Bonchev–Trinajstić information content (AvgIpc) is 3.13. The Morgan fingerprint density at radius 3 is 2.77 bits per heavy atom. The zero-order valence-corrected chi connectivity index (χ0v) is 17.0. The summed E-state index contributed by atoms with van der Waals surface area (Å²) in [5, 5.41) is 16.8. The van der Waals surface area contributed by atoms with Crippen molar-refractivity contribution < 1.29 is 33.9 Å². The Labute approximate surface area is 177 Å². The van der Waals surface area contributed by atoms with E-state index >= 15 is 0 Å². The maximum atomic E-state index is 12.6. The van der Waals surface area contributed by atoms with Crippen LogP contribution in [-0.2, 0) is 24.0 Å². The van der Waals surface area contributed by atoms with Crippen molar-refractivity contribution in [2.24, 2.45) is 10.9 Å². The number of hydrogen-bond acceptors (Lipinski definition) is 11. The van der Waals surface area contributed by atoms with E-state index in [1.54, 1.807) is 0 Å². The number of hydrogen-bond donors (Lipinski definition) is 4. The van der Waals surface area contributed by atoms with Gasteiger partial charge >= 0.3 is 12.1 Å². The lowest BCUT2D eigenvalue weighted by molar-refractivity contribution is -0.150. The summed E-state index contributed by atoms with van der Waals surface area (Å²) < 4.78 is 4.66. The fraction of sp³-hybridized carbons (Fsp3) is 0.333. The average molecular weight is 456 g/mol. The molecule has 0 bridgehead atoms. The van der Waals surface area contributed by atoms with E-state index in [1.807, 2.05) is 0 Å². The molecular weight excluding hydrogens is 440 g/mol. The fourth-order valence-electron chi connectivity index (χ4n) is 2.85. The molecule has 1 aromatic rings. The number of anilines is 1. The molecule has 160 valence electrons. The second kappa shape index (κ2) is 8.58. The zero-order valence-electron chi connectivity index (χ0n) is 15.4. The van der Waals surface area contributed by atoms with Gasteiger partial charge < -0.3 is 31.5 Å². The monoisotopic (exact) mass is 456 g/mol. The van der Waals surface area contributed by atoms with E-state index in [0.29, 0.717) is 0 Å². The minimum absolute atomic E-state index is 0.164. The van der Waals surface area contributed by atoms with E-state index < -0.39 is 35.3 Å². The number of thioether (sulfide) groups is 1. The highest BCUT2D eigenvalue weighted by molar-refractivity contribution is 8.00. The number of nitrogens with two attached hydrogens (primary N) is 2. The number of thiazole rings is 1. The van der Waals surface area contributed by atoms with Crippen molar-refractivity contribution in [3.05, 3.63) is 22.3 Å². The maximum absolute atomic E-state index is 12.6. The van der Waals surface area contributed by atoms with Gasteiger partial charge in [-0.1, -0.05) is 5.16 Å². The molecule has 2 aliphatic heterocycles. The molecule has 0 aromatic carbocycles. The Balaban J connectivity index is 1.77. The first kappa shape index (κ1) is 21.4. The lowest BCUT2D eigenvalue weighted by atomic mass is 10.0. The van der Waals surface area contributed by atoms with Crippen LogP contribution in [0.1, 0.15) is 5.69 Å². The third-order valence-corrected chi connectivity index (χ3v) is 6.10. The first-order chi connectivity index (χ1) is 14.2. The molecule has 30 heavy (non-hydrogen) atoms. The second-order valence-electron chi connectivity index (χ2n) is 5.92. The van der Waals surface area contributed by atoms with E-state index in [9.17, 15) is 24.3 Å². The third kappa shape index (κ3) is 4.02. The van der Waals surface area contributed by atoms with Crippen LogP contribution in [-0.4, -0.2) is 75.5 Å². The van der Waals surface area contributed by atoms with Crippen LogP contribution in [0.25, 0.3) is 0 Å². The van der Waals surface area contributed by atoms with Gasteiger partial charge in [-0.2, -0.15) is 0 Å². The molecule has 2 atom stereocenters. The molecule has 13 nitrogen and oxygen atoms in total. The van der Waals surface area contributed by atoms with Crippen LogP contribution in [0.4, 0.5) is 9.93 Å². The van der Waals surface area contributed by atoms with Crippen LogP contribution in [0, 0.1) is 0 Å². The molecule has 0 aliphatic carbocycles. The summed E-state index contributed by atoms with van der Waals surface area (Å²) >= 11 is 2.30. The Kier molecular flexibility index (Phi) is 6.12. The maximum Gasteiger partial charge on any atom is 0.404 e. The number of carboxylic acids is 1. The lowest BCUT2D eigenvalue weighted by Crippen LogP contribution is -2.71. The van der Waals surface area contributed by atoms with Gasteiger partial charge in [0.25, 0.3) is 11.8 Å². The van der Waals surface area contributed by atoms with Crippen molar-refractivity contribution >= 4 is 57.8 Å². The molecule has 1 fully saturated rings. The summed E-state index contributed by atoms with van der Waals surface area (Å²) in [5.41, 5.74) is 10.4. The molecule has 2 unspecified atom stereocenters. The molecule has 3 rings (SSSR count). The van der Waals surface area contributed by atoms with Crippen molar-refractivity contribution in [3.8, 4) is 0 Å². The van der Waals surface area contributed by atoms with Crippen LogP contribution < -0.4 is 16.8 Å². The van der Waals surface area contributed by atoms with Crippen LogP contribution in [0.15, 0.2) is 21.8 Å². The van der Waals surface area contributed by atoms with E-state index in [4.69, 9.17) is 11.5 Å². The summed E-state index contributed by atoms with van der Waals surface area (Å²) in [4.78, 5) is 57.4. The number of aliphatic carboxylic acids is 1. The molecule has 1 saturated heterocycles. The van der Waals surface area contributed by atoms with Crippen molar-refractivity contribution in [2.45, 2.75) is 11.4 Å². The fourth-order valence-corrected chi connectivity index (χ4v) is 4.73. The highest BCUT2D eigenvalue weighted by Gasteiger charge is 2.54.